The van der Waals surface area contributed by atoms with Crippen LogP contribution in [-0.2, 0) is 17.9 Å². The number of benzene rings is 1. The van der Waals surface area contributed by atoms with Crippen molar-refractivity contribution in [1.82, 2.24) is 5.32 Å². The van der Waals surface area contributed by atoms with E-state index in [2.05, 4.69) is 10.6 Å². The van der Waals surface area contributed by atoms with Gasteiger partial charge in [0.2, 0.25) is 5.91 Å². The number of anilines is 1. The highest BCUT2D eigenvalue weighted by Gasteiger charge is 2.05. The Morgan fingerprint density at radius 2 is 1.95 bits per heavy atom. The van der Waals surface area contributed by atoms with E-state index in [9.17, 15) is 9.90 Å². The number of amides is 1. The van der Waals surface area contributed by atoms with Gasteiger partial charge in [-0.1, -0.05) is 12.1 Å². The molecule has 2 rings (SSSR count). The highest BCUT2D eigenvalue weighted by Crippen LogP contribution is 2.22. The molecule has 1 heterocycles. The Bertz CT molecular complexity index is 549. The Labute approximate surface area is 116 Å². The van der Waals surface area contributed by atoms with E-state index < -0.39 is 0 Å². The van der Waals surface area contributed by atoms with Gasteiger partial charge in [-0.05, 0) is 29.1 Å². The Morgan fingerprint density at radius 1 is 1.21 bits per heavy atom. The van der Waals surface area contributed by atoms with Crippen molar-refractivity contribution in [1.29, 1.82) is 0 Å². The van der Waals surface area contributed by atoms with Gasteiger partial charge in [0.1, 0.15) is 5.75 Å². The first-order valence-corrected chi connectivity index (χ1v) is 6.85. The van der Waals surface area contributed by atoms with Crippen molar-refractivity contribution >= 4 is 22.9 Å². The van der Waals surface area contributed by atoms with Crippen LogP contribution in [0.3, 0.4) is 0 Å². The molecule has 0 radical (unpaired) electrons. The van der Waals surface area contributed by atoms with Gasteiger partial charge in [-0.15, -0.1) is 11.3 Å². The first-order valence-electron chi connectivity index (χ1n) is 5.98. The van der Waals surface area contributed by atoms with Crippen LogP contribution in [0.5, 0.6) is 5.75 Å². The van der Waals surface area contributed by atoms with E-state index in [0.29, 0.717) is 6.54 Å². The predicted octanol–water partition coefficient (Wildman–Crippen LogP) is 2.70. The molecular weight excluding hydrogens is 260 g/mol. The van der Waals surface area contributed by atoms with E-state index in [1.165, 1.54) is 6.92 Å². The average molecular weight is 276 g/mol. The molecule has 5 heteroatoms. The zero-order valence-electron chi connectivity index (χ0n) is 10.6. The first kappa shape index (κ1) is 13.6. The molecule has 1 aromatic carbocycles. The molecule has 2 aromatic rings. The van der Waals surface area contributed by atoms with Crippen molar-refractivity contribution in [3.63, 3.8) is 0 Å². The van der Waals surface area contributed by atoms with Gasteiger partial charge in [-0.25, -0.2) is 0 Å². The quantitative estimate of drug-likeness (QED) is 0.787. The van der Waals surface area contributed by atoms with E-state index in [0.717, 1.165) is 22.7 Å². The summed E-state index contributed by atoms with van der Waals surface area (Å²) in [5.41, 5.74) is 1.98. The van der Waals surface area contributed by atoms with Gasteiger partial charge in [0.25, 0.3) is 0 Å². The van der Waals surface area contributed by atoms with Crippen molar-refractivity contribution in [2.24, 2.45) is 0 Å². The second-order valence-electron chi connectivity index (χ2n) is 4.21. The predicted molar refractivity (Wildman–Crippen MR) is 77.3 cm³/mol. The zero-order valence-corrected chi connectivity index (χ0v) is 11.5. The molecule has 0 bridgehead atoms. The second kappa shape index (κ2) is 6.36. The van der Waals surface area contributed by atoms with Crippen LogP contribution in [0.1, 0.15) is 17.4 Å². The molecule has 0 atom stereocenters. The number of aromatic hydroxyl groups is 1. The number of carbonyl (C=O) groups excluding carboxylic acids is 1. The summed E-state index contributed by atoms with van der Waals surface area (Å²) < 4.78 is 0. The van der Waals surface area contributed by atoms with E-state index >= 15 is 0 Å². The van der Waals surface area contributed by atoms with Gasteiger partial charge in [0.05, 0.1) is 5.69 Å². The summed E-state index contributed by atoms with van der Waals surface area (Å²) in [5.74, 6) is 0.216. The molecule has 0 aliphatic rings. The molecule has 0 aliphatic carbocycles. The lowest BCUT2D eigenvalue weighted by Gasteiger charge is -2.06. The summed E-state index contributed by atoms with van der Waals surface area (Å²) in [6.07, 6.45) is 0. The lowest BCUT2D eigenvalue weighted by Crippen LogP contribution is -2.14. The minimum atomic E-state index is -0.0572. The van der Waals surface area contributed by atoms with Crippen molar-refractivity contribution < 1.29 is 9.90 Å². The van der Waals surface area contributed by atoms with Gasteiger partial charge < -0.3 is 15.7 Å². The highest BCUT2D eigenvalue weighted by atomic mass is 32.1. The summed E-state index contributed by atoms with van der Waals surface area (Å²) in [7, 11) is 0. The standard InChI is InChI=1S/C14H16N2O2S/c1-10(17)16-13-6-7-19-14(13)9-15-8-11-2-4-12(18)5-3-11/h2-7,15,18H,8-9H2,1H3,(H,16,17). The molecule has 100 valence electrons. The van der Waals surface area contributed by atoms with E-state index in [1.807, 2.05) is 23.6 Å². The van der Waals surface area contributed by atoms with Crippen LogP contribution in [0.4, 0.5) is 5.69 Å². The number of nitrogens with one attached hydrogen (secondary N) is 2. The highest BCUT2D eigenvalue weighted by molar-refractivity contribution is 7.10. The summed E-state index contributed by atoms with van der Waals surface area (Å²) >= 11 is 1.61. The largest absolute Gasteiger partial charge is 0.508 e. The van der Waals surface area contributed by atoms with Crippen LogP contribution in [-0.4, -0.2) is 11.0 Å². The fourth-order valence-electron chi connectivity index (χ4n) is 1.71. The normalized spacial score (nSPS) is 10.4. The van der Waals surface area contributed by atoms with Gasteiger partial charge in [-0.2, -0.15) is 0 Å². The number of carbonyl (C=O) groups is 1. The van der Waals surface area contributed by atoms with Crippen molar-refractivity contribution in [2.45, 2.75) is 20.0 Å². The summed E-state index contributed by atoms with van der Waals surface area (Å²) in [4.78, 5) is 12.1. The lowest BCUT2D eigenvalue weighted by atomic mass is 10.2. The van der Waals surface area contributed by atoms with Gasteiger partial charge >= 0.3 is 0 Å². The third-order valence-electron chi connectivity index (χ3n) is 2.61. The van der Waals surface area contributed by atoms with Gasteiger partial charge in [0.15, 0.2) is 0 Å². The maximum atomic E-state index is 11.0. The maximum absolute atomic E-state index is 11.0. The van der Waals surface area contributed by atoms with Crippen molar-refractivity contribution in [3.05, 3.63) is 46.2 Å². The number of hydrogen-bond donors (Lipinski definition) is 3. The van der Waals surface area contributed by atoms with Crippen molar-refractivity contribution in [2.75, 3.05) is 5.32 Å². The lowest BCUT2D eigenvalue weighted by molar-refractivity contribution is -0.114. The van der Waals surface area contributed by atoms with E-state index in [1.54, 1.807) is 23.5 Å². The molecule has 0 unspecified atom stereocenters. The number of phenolic OH excluding ortho intramolecular Hbond substituents is 1. The molecule has 1 aromatic heterocycles. The fourth-order valence-corrected chi connectivity index (χ4v) is 2.51. The molecule has 0 saturated heterocycles. The average Bonchev–Trinajstić information content (AvgIpc) is 2.78. The molecule has 1 amide bonds. The van der Waals surface area contributed by atoms with E-state index in [-0.39, 0.29) is 11.7 Å². The number of hydrogen-bond acceptors (Lipinski definition) is 4. The SMILES string of the molecule is CC(=O)Nc1ccsc1CNCc1ccc(O)cc1. The Balaban J connectivity index is 1.87. The third kappa shape index (κ3) is 4.08. The van der Waals surface area contributed by atoms with Gasteiger partial charge in [-0.3, -0.25) is 4.79 Å². The summed E-state index contributed by atoms with van der Waals surface area (Å²) in [5, 5.41) is 17.3. The molecule has 0 aliphatic heterocycles. The van der Waals surface area contributed by atoms with Crippen molar-refractivity contribution in [3.8, 4) is 5.75 Å². The van der Waals surface area contributed by atoms with Crippen LogP contribution in [0, 0.1) is 0 Å². The first-order chi connectivity index (χ1) is 9.15. The van der Waals surface area contributed by atoms with Gasteiger partial charge in [0, 0.05) is 24.9 Å². The molecule has 19 heavy (non-hydrogen) atoms. The van der Waals surface area contributed by atoms with E-state index in [4.69, 9.17) is 0 Å². The van der Waals surface area contributed by atoms with Crippen LogP contribution < -0.4 is 10.6 Å². The molecular formula is C14H16N2O2S. The topological polar surface area (TPSA) is 61.4 Å². The van der Waals surface area contributed by atoms with Crippen LogP contribution in [0.2, 0.25) is 0 Å². The third-order valence-corrected chi connectivity index (χ3v) is 3.53. The molecule has 4 nitrogen and oxygen atoms in total. The smallest absolute Gasteiger partial charge is 0.221 e. The monoisotopic (exact) mass is 276 g/mol. The second-order valence-corrected chi connectivity index (χ2v) is 5.21. The van der Waals surface area contributed by atoms with Crippen LogP contribution >= 0.6 is 11.3 Å². The summed E-state index contributed by atoms with van der Waals surface area (Å²) in [6.45, 7) is 2.93. The summed E-state index contributed by atoms with van der Waals surface area (Å²) in [6, 6.07) is 9.01. The fraction of sp³-hybridized carbons (Fsp3) is 0.214. The Hall–Kier alpha value is -1.85. The minimum Gasteiger partial charge on any atom is -0.508 e. The molecule has 3 N–H and O–H groups in total. The molecule has 0 fully saturated rings. The maximum Gasteiger partial charge on any atom is 0.221 e. The Kier molecular flexibility index (Phi) is 4.54. The minimum absolute atomic E-state index is 0.0572. The number of rotatable bonds is 5. The van der Waals surface area contributed by atoms with Crippen LogP contribution in [0.25, 0.3) is 0 Å². The number of phenols is 1. The Morgan fingerprint density at radius 3 is 2.63 bits per heavy atom. The molecule has 0 spiro atoms. The zero-order chi connectivity index (χ0) is 13.7. The number of thiophene rings is 1. The molecule has 0 saturated carbocycles. The van der Waals surface area contributed by atoms with Crippen LogP contribution in [0.15, 0.2) is 35.7 Å².